The molecule has 86 valence electrons. The quantitative estimate of drug-likeness (QED) is 0.880. The van der Waals surface area contributed by atoms with Crippen molar-refractivity contribution in [2.45, 2.75) is 26.9 Å². The second kappa shape index (κ2) is 4.76. The van der Waals surface area contributed by atoms with Crippen LogP contribution in [0.1, 0.15) is 21.1 Å². The Morgan fingerprint density at radius 2 is 2.19 bits per heavy atom. The van der Waals surface area contributed by atoms with E-state index in [4.69, 9.17) is 0 Å². The molecule has 0 spiro atoms. The van der Waals surface area contributed by atoms with Crippen LogP contribution in [0.25, 0.3) is 0 Å². The lowest BCUT2D eigenvalue weighted by Crippen LogP contribution is -2.13. The predicted octanol–water partition coefficient (Wildman–Crippen LogP) is 1.78. The van der Waals surface area contributed by atoms with Gasteiger partial charge < -0.3 is 5.32 Å². The average Bonchev–Trinajstić information content (AvgIpc) is 2.74. The highest BCUT2D eigenvalue weighted by molar-refractivity contribution is 7.11. The fourth-order valence-corrected chi connectivity index (χ4v) is 2.46. The second-order valence-electron chi connectivity index (χ2n) is 3.86. The molecule has 0 amide bonds. The molecule has 0 bridgehead atoms. The maximum atomic E-state index is 4.48. The molecule has 0 aliphatic heterocycles. The summed E-state index contributed by atoms with van der Waals surface area (Å²) < 4.78 is 1.81. The van der Waals surface area contributed by atoms with Crippen molar-refractivity contribution in [1.82, 2.24) is 20.1 Å². The van der Waals surface area contributed by atoms with Crippen molar-refractivity contribution < 1.29 is 0 Å². The molecule has 5 heteroatoms. The molecule has 2 heterocycles. The molecule has 0 fully saturated rings. The Labute approximate surface area is 99.3 Å². The molecule has 2 aromatic rings. The van der Waals surface area contributed by atoms with Gasteiger partial charge >= 0.3 is 0 Å². The molecule has 0 atom stereocenters. The molecule has 0 unspecified atom stereocenters. The number of hydrogen-bond acceptors (Lipinski definition) is 4. The molecular weight excluding hydrogens is 220 g/mol. The fourth-order valence-electron chi connectivity index (χ4n) is 1.62. The van der Waals surface area contributed by atoms with E-state index in [1.54, 1.807) is 11.3 Å². The molecule has 0 aliphatic rings. The van der Waals surface area contributed by atoms with E-state index in [9.17, 15) is 0 Å². The van der Waals surface area contributed by atoms with Crippen molar-refractivity contribution >= 4 is 11.3 Å². The zero-order valence-electron chi connectivity index (χ0n) is 9.82. The first-order valence-electron chi connectivity index (χ1n) is 5.26. The molecular formula is C11H16N4S. The van der Waals surface area contributed by atoms with Crippen molar-refractivity contribution in [1.29, 1.82) is 0 Å². The molecule has 4 nitrogen and oxygen atoms in total. The third kappa shape index (κ3) is 2.68. The van der Waals surface area contributed by atoms with Gasteiger partial charge in [-0.1, -0.05) is 0 Å². The van der Waals surface area contributed by atoms with Gasteiger partial charge in [0.2, 0.25) is 0 Å². The van der Waals surface area contributed by atoms with Gasteiger partial charge in [-0.05, 0) is 13.8 Å². The molecule has 0 saturated carbocycles. The Hall–Kier alpha value is -1.20. The maximum Gasteiger partial charge on any atom is 0.0900 e. The van der Waals surface area contributed by atoms with E-state index in [0.29, 0.717) is 0 Å². The summed E-state index contributed by atoms with van der Waals surface area (Å²) in [6, 6.07) is 0. The molecule has 2 rings (SSSR count). The lowest BCUT2D eigenvalue weighted by Gasteiger charge is -2.00. The van der Waals surface area contributed by atoms with Crippen LogP contribution < -0.4 is 5.32 Å². The van der Waals surface area contributed by atoms with E-state index in [2.05, 4.69) is 22.3 Å². The highest BCUT2D eigenvalue weighted by Gasteiger charge is 2.04. The molecule has 2 aromatic heterocycles. The van der Waals surface area contributed by atoms with E-state index in [-0.39, 0.29) is 0 Å². The van der Waals surface area contributed by atoms with Crippen LogP contribution in [0.3, 0.4) is 0 Å². The van der Waals surface area contributed by atoms with Gasteiger partial charge in [0.25, 0.3) is 0 Å². The van der Waals surface area contributed by atoms with Crippen molar-refractivity contribution in [3.8, 4) is 0 Å². The number of hydrogen-bond donors (Lipinski definition) is 1. The first kappa shape index (κ1) is 11.3. The summed E-state index contributed by atoms with van der Waals surface area (Å²) in [6.07, 6.45) is 3.90. The van der Waals surface area contributed by atoms with E-state index in [0.717, 1.165) is 23.8 Å². The van der Waals surface area contributed by atoms with E-state index in [1.165, 1.54) is 10.4 Å². The summed E-state index contributed by atoms with van der Waals surface area (Å²) >= 11 is 1.75. The van der Waals surface area contributed by atoms with E-state index >= 15 is 0 Å². The van der Waals surface area contributed by atoms with Crippen LogP contribution >= 0.6 is 11.3 Å². The Kier molecular flexibility index (Phi) is 3.36. The second-order valence-corrected chi connectivity index (χ2v) is 5.27. The van der Waals surface area contributed by atoms with Gasteiger partial charge in [0, 0.05) is 36.8 Å². The lowest BCUT2D eigenvalue weighted by atomic mass is 10.3. The normalized spacial score (nSPS) is 10.9. The number of nitrogens with one attached hydrogen (secondary N) is 1. The molecule has 16 heavy (non-hydrogen) atoms. The molecule has 1 N–H and O–H groups in total. The Bertz CT molecular complexity index is 472. The van der Waals surface area contributed by atoms with Crippen LogP contribution in [0.4, 0.5) is 0 Å². The summed E-state index contributed by atoms with van der Waals surface area (Å²) in [4.78, 5) is 5.78. The zero-order chi connectivity index (χ0) is 11.5. The number of aromatic nitrogens is 3. The minimum atomic E-state index is 0.824. The SMILES string of the molecule is Cc1nc(CNCc2cnn(C)c2)c(C)s1. The largest absolute Gasteiger partial charge is 0.307 e. The minimum absolute atomic E-state index is 0.824. The number of thiazole rings is 1. The summed E-state index contributed by atoms with van der Waals surface area (Å²) in [7, 11) is 1.93. The topological polar surface area (TPSA) is 42.7 Å². The Balaban J connectivity index is 1.86. The first-order chi connectivity index (χ1) is 7.65. The van der Waals surface area contributed by atoms with Gasteiger partial charge in [-0.15, -0.1) is 11.3 Å². The summed E-state index contributed by atoms with van der Waals surface area (Å²) in [5, 5.41) is 8.64. The average molecular weight is 236 g/mol. The van der Waals surface area contributed by atoms with Gasteiger partial charge in [-0.2, -0.15) is 5.10 Å². The van der Waals surface area contributed by atoms with Crippen LogP contribution in [0.15, 0.2) is 12.4 Å². The van der Waals surface area contributed by atoms with E-state index in [1.807, 2.05) is 31.0 Å². The highest BCUT2D eigenvalue weighted by atomic mass is 32.1. The minimum Gasteiger partial charge on any atom is -0.307 e. The Morgan fingerprint density at radius 1 is 1.38 bits per heavy atom. The summed E-state index contributed by atoms with van der Waals surface area (Å²) in [5.41, 5.74) is 2.36. The van der Waals surface area contributed by atoms with Crippen molar-refractivity contribution in [2.24, 2.45) is 7.05 Å². The van der Waals surface area contributed by atoms with Crippen LogP contribution in [0.2, 0.25) is 0 Å². The smallest absolute Gasteiger partial charge is 0.0900 e. The molecule has 0 saturated heterocycles. The van der Waals surface area contributed by atoms with Crippen molar-refractivity contribution in [3.05, 3.63) is 33.5 Å². The van der Waals surface area contributed by atoms with Crippen molar-refractivity contribution in [2.75, 3.05) is 0 Å². The van der Waals surface area contributed by atoms with Gasteiger partial charge in [-0.3, -0.25) is 4.68 Å². The van der Waals surface area contributed by atoms with Gasteiger partial charge in [0.05, 0.1) is 16.9 Å². The monoisotopic (exact) mass is 236 g/mol. The van der Waals surface area contributed by atoms with Crippen LogP contribution in [0, 0.1) is 13.8 Å². The molecule has 0 radical (unpaired) electrons. The third-order valence-electron chi connectivity index (χ3n) is 2.38. The predicted molar refractivity (Wildman–Crippen MR) is 65.3 cm³/mol. The summed E-state index contributed by atoms with van der Waals surface area (Å²) in [5.74, 6) is 0. The van der Waals surface area contributed by atoms with Gasteiger partial charge in [0.15, 0.2) is 0 Å². The standard InChI is InChI=1S/C11H16N4S/c1-8-11(14-9(2)16-8)6-12-4-10-5-13-15(3)7-10/h5,7,12H,4,6H2,1-3H3. The number of nitrogens with zero attached hydrogens (tertiary/aromatic N) is 3. The van der Waals surface area contributed by atoms with Crippen LogP contribution in [-0.2, 0) is 20.1 Å². The zero-order valence-corrected chi connectivity index (χ0v) is 10.6. The number of rotatable bonds is 4. The fraction of sp³-hybridized carbons (Fsp3) is 0.455. The lowest BCUT2D eigenvalue weighted by molar-refractivity contribution is 0.678. The van der Waals surface area contributed by atoms with E-state index < -0.39 is 0 Å². The molecule has 0 aromatic carbocycles. The van der Waals surface area contributed by atoms with Crippen LogP contribution in [0.5, 0.6) is 0 Å². The van der Waals surface area contributed by atoms with Crippen molar-refractivity contribution in [3.63, 3.8) is 0 Å². The molecule has 0 aliphatic carbocycles. The Morgan fingerprint density at radius 3 is 2.75 bits per heavy atom. The van der Waals surface area contributed by atoms with Gasteiger partial charge in [0.1, 0.15) is 0 Å². The van der Waals surface area contributed by atoms with Crippen LogP contribution in [-0.4, -0.2) is 14.8 Å². The third-order valence-corrected chi connectivity index (χ3v) is 3.31. The van der Waals surface area contributed by atoms with Gasteiger partial charge in [-0.25, -0.2) is 4.98 Å². The maximum absolute atomic E-state index is 4.48. The number of aryl methyl sites for hydroxylation is 3. The summed E-state index contributed by atoms with van der Waals surface area (Å²) in [6.45, 7) is 5.82. The first-order valence-corrected chi connectivity index (χ1v) is 6.08. The highest BCUT2D eigenvalue weighted by Crippen LogP contribution is 2.15.